The maximum absolute atomic E-state index is 13.5. The lowest BCUT2D eigenvalue weighted by atomic mass is 10.2. The number of amides is 2. The molecule has 2 amide bonds. The molecule has 3 rings (SSSR count). The normalized spacial score (nSPS) is 10.2. The van der Waals surface area contributed by atoms with Crippen LogP contribution in [0.1, 0.15) is 20.9 Å². The molecule has 0 fully saturated rings. The number of benzene rings is 1. The van der Waals surface area contributed by atoms with Gasteiger partial charge in [-0.15, -0.1) is 0 Å². The van der Waals surface area contributed by atoms with Crippen molar-refractivity contribution in [3.05, 3.63) is 78.1 Å². The predicted molar refractivity (Wildman–Crippen MR) is 85.3 cm³/mol. The second kappa shape index (κ2) is 6.74. The van der Waals surface area contributed by atoms with Gasteiger partial charge in [-0.25, -0.2) is 9.37 Å². The number of hydrogen-bond acceptors (Lipinski definition) is 4. The van der Waals surface area contributed by atoms with E-state index in [-0.39, 0.29) is 17.1 Å². The molecular formula is C17H12FN3O3. The smallest absolute Gasteiger partial charge is 0.291 e. The third-order valence-electron chi connectivity index (χ3n) is 3.13. The van der Waals surface area contributed by atoms with Crippen LogP contribution in [0.15, 0.2) is 65.4 Å². The Morgan fingerprint density at radius 3 is 2.46 bits per heavy atom. The van der Waals surface area contributed by atoms with Crippen LogP contribution in [0, 0.1) is 5.82 Å². The molecule has 3 aromatic rings. The summed E-state index contributed by atoms with van der Waals surface area (Å²) in [5, 5.41) is 5.08. The zero-order valence-electron chi connectivity index (χ0n) is 12.3. The monoisotopic (exact) mass is 325 g/mol. The van der Waals surface area contributed by atoms with Gasteiger partial charge in [-0.1, -0.05) is 12.1 Å². The average Bonchev–Trinajstić information content (AvgIpc) is 3.11. The minimum absolute atomic E-state index is 0.0745. The summed E-state index contributed by atoms with van der Waals surface area (Å²) in [6.07, 6.45) is 2.77. The van der Waals surface area contributed by atoms with Crippen LogP contribution in [-0.2, 0) is 0 Å². The van der Waals surface area contributed by atoms with Crippen molar-refractivity contribution in [2.24, 2.45) is 0 Å². The van der Waals surface area contributed by atoms with Gasteiger partial charge in [0.15, 0.2) is 5.76 Å². The van der Waals surface area contributed by atoms with Gasteiger partial charge in [0.1, 0.15) is 11.6 Å². The maximum Gasteiger partial charge on any atom is 0.291 e. The molecule has 6 nitrogen and oxygen atoms in total. The molecule has 24 heavy (non-hydrogen) atoms. The Hall–Kier alpha value is -3.48. The Bertz CT molecular complexity index is 861. The number of hydrogen-bond donors (Lipinski definition) is 2. The molecule has 0 aliphatic heterocycles. The van der Waals surface area contributed by atoms with E-state index in [1.807, 2.05) is 0 Å². The number of carbonyl (C=O) groups excluding carboxylic acids is 2. The van der Waals surface area contributed by atoms with Gasteiger partial charge in [0, 0.05) is 0 Å². The molecule has 0 spiro atoms. The second-order valence-corrected chi connectivity index (χ2v) is 4.80. The van der Waals surface area contributed by atoms with Crippen molar-refractivity contribution in [1.82, 2.24) is 4.98 Å². The van der Waals surface area contributed by atoms with Crippen LogP contribution in [0.3, 0.4) is 0 Å². The van der Waals surface area contributed by atoms with Gasteiger partial charge in [-0.3, -0.25) is 9.59 Å². The first kappa shape index (κ1) is 15.4. The maximum atomic E-state index is 13.5. The third-order valence-corrected chi connectivity index (χ3v) is 3.13. The standard InChI is InChI=1S/C17H12FN3O3/c18-13-5-2-1-4-12(13)16(22)21-15-8-7-11(10-19-15)20-17(23)14-6-3-9-24-14/h1-10H,(H,20,23)(H,19,21,22). The minimum atomic E-state index is -0.614. The largest absolute Gasteiger partial charge is 0.459 e. The molecule has 0 saturated heterocycles. The summed E-state index contributed by atoms with van der Waals surface area (Å²) < 4.78 is 18.5. The number of halogens is 1. The van der Waals surface area contributed by atoms with E-state index >= 15 is 0 Å². The quantitative estimate of drug-likeness (QED) is 0.770. The van der Waals surface area contributed by atoms with E-state index in [1.54, 1.807) is 18.2 Å². The number of nitrogens with one attached hydrogen (secondary N) is 2. The average molecular weight is 325 g/mol. The highest BCUT2D eigenvalue weighted by Crippen LogP contribution is 2.14. The Morgan fingerprint density at radius 2 is 1.79 bits per heavy atom. The molecule has 0 atom stereocenters. The Kier molecular flexibility index (Phi) is 4.33. The van der Waals surface area contributed by atoms with Crippen molar-refractivity contribution in [2.75, 3.05) is 10.6 Å². The summed E-state index contributed by atoms with van der Waals surface area (Å²) in [5.41, 5.74) is 0.356. The summed E-state index contributed by atoms with van der Waals surface area (Å²) in [5.74, 6) is -1.22. The van der Waals surface area contributed by atoms with Crippen molar-refractivity contribution in [3.63, 3.8) is 0 Å². The van der Waals surface area contributed by atoms with Crippen LogP contribution in [0.4, 0.5) is 15.9 Å². The molecule has 0 saturated carbocycles. The highest BCUT2D eigenvalue weighted by molar-refractivity contribution is 6.04. The fourth-order valence-corrected chi connectivity index (χ4v) is 1.97. The third kappa shape index (κ3) is 3.46. The van der Waals surface area contributed by atoms with Gasteiger partial charge in [0.05, 0.1) is 23.7 Å². The van der Waals surface area contributed by atoms with E-state index in [2.05, 4.69) is 15.6 Å². The van der Waals surface area contributed by atoms with Gasteiger partial charge < -0.3 is 15.1 Å². The van der Waals surface area contributed by atoms with E-state index in [4.69, 9.17) is 4.42 Å². The fourth-order valence-electron chi connectivity index (χ4n) is 1.97. The summed E-state index contributed by atoms with van der Waals surface area (Å²) in [7, 11) is 0. The van der Waals surface area contributed by atoms with Crippen LogP contribution >= 0.6 is 0 Å². The van der Waals surface area contributed by atoms with E-state index < -0.39 is 17.6 Å². The van der Waals surface area contributed by atoms with Crippen LogP contribution in [0.5, 0.6) is 0 Å². The van der Waals surface area contributed by atoms with Crippen LogP contribution in [0.25, 0.3) is 0 Å². The number of nitrogens with zero attached hydrogens (tertiary/aromatic N) is 1. The predicted octanol–water partition coefficient (Wildman–Crippen LogP) is 3.32. The van der Waals surface area contributed by atoms with E-state index in [0.717, 1.165) is 0 Å². The SMILES string of the molecule is O=C(Nc1ccc(NC(=O)c2ccccc2F)nc1)c1ccco1. The fraction of sp³-hybridized carbons (Fsp3) is 0. The van der Waals surface area contributed by atoms with Crippen molar-refractivity contribution in [3.8, 4) is 0 Å². The molecule has 0 bridgehead atoms. The topological polar surface area (TPSA) is 84.2 Å². The lowest BCUT2D eigenvalue weighted by Crippen LogP contribution is -2.15. The van der Waals surface area contributed by atoms with Gasteiger partial charge in [0.25, 0.3) is 11.8 Å². The summed E-state index contributed by atoms with van der Waals surface area (Å²) in [6, 6.07) is 11.8. The summed E-state index contributed by atoms with van der Waals surface area (Å²) in [4.78, 5) is 27.8. The Balaban J connectivity index is 1.65. The number of rotatable bonds is 4. The minimum Gasteiger partial charge on any atom is -0.459 e. The Labute approximate surface area is 136 Å². The number of pyridine rings is 1. The van der Waals surface area contributed by atoms with Crippen LogP contribution < -0.4 is 10.6 Å². The van der Waals surface area contributed by atoms with Gasteiger partial charge in [-0.2, -0.15) is 0 Å². The van der Waals surface area contributed by atoms with E-state index in [9.17, 15) is 14.0 Å². The van der Waals surface area contributed by atoms with E-state index in [1.165, 1.54) is 42.8 Å². The van der Waals surface area contributed by atoms with Crippen molar-refractivity contribution in [1.29, 1.82) is 0 Å². The highest BCUT2D eigenvalue weighted by Gasteiger charge is 2.12. The number of furan rings is 1. The van der Waals surface area contributed by atoms with Crippen LogP contribution in [-0.4, -0.2) is 16.8 Å². The van der Waals surface area contributed by atoms with Crippen LogP contribution in [0.2, 0.25) is 0 Å². The highest BCUT2D eigenvalue weighted by atomic mass is 19.1. The van der Waals surface area contributed by atoms with Gasteiger partial charge in [-0.05, 0) is 36.4 Å². The summed E-state index contributed by atoms with van der Waals surface area (Å²) in [6.45, 7) is 0. The first-order valence-corrected chi connectivity index (χ1v) is 7.00. The number of aromatic nitrogens is 1. The first-order valence-electron chi connectivity index (χ1n) is 7.00. The molecule has 7 heteroatoms. The number of anilines is 2. The molecule has 1 aromatic carbocycles. The zero-order valence-corrected chi connectivity index (χ0v) is 12.3. The van der Waals surface area contributed by atoms with Crippen molar-refractivity contribution < 1.29 is 18.4 Å². The zero-order chi connectivity index (χ0) is 16.9. The molecule has 2 N–H and O–H groups in total. The number of carbonyl (C=O) groups is 2. The van der Waals surface area contributed by atoms with Crippen molar-refractivity contribution in [2.45, 2.75) is 0 Å². The second-order valence-electron chi connectivity index (χ2n) is 4.80. The van der Waals surface area contributed by atoms with Crippen molar-refractivity contribution >= 4 is 23.3 Å². The molecule has 2 aromatic heterocycles. The molecule has 0 unspecified atom stereocenters. The molecule has 0 radical (unpaired) electrons. The Morgan fingerprint density at radius 1 is 0.958 bits per heavy atom. The molecule has 0 aliphatic rings. The van der Waals surface area contributed by atoms with E-state index in [0.29, 0.717) is 5.69 Å². The molecule has 2 heterocycles. The lowest BCUT2D eigenvalue weighted by molar-refractivity contribution is 0.0994. The summed E-state index contributed by atoms with van der Waals surface area (Å²) >= 11 is 0. The van der Waals surface area contributed by atoms with Gasteiger partial charge >= 0.3 is 0 Å². The molecular weight excluding hydrogens is 313 g/mol. The molecule has 120 valence electrons. The lowest BCUT2D eigenvalue weighted by Gasteiger charge is -2.07. The molecule has 0 aliphatic carbocycles. The first-order chi connectivity index (χ1) is 11.6. The van der Waals surface area contributed by atoms with Gasteiger partial charge in [0.2, 0.25) is 0 Å².